The summed E-state index contributed by atoms with van der Waals surface area (Å²) in [7, 11) is -1.96. The van der Waals surface area contributed by atoms with Crippen LogP contribution in [0, 0.1) is 5.92 Å². The van der Waals surface area contributed by atoms with Crippen LogP contribution >= 0.6 is 11.6 Å². The molecule has 0 saturated carbocycles. The first kappa shape index (κ1) is 19.7. The number of hydrogen-bond acceptors (Lipinski definition) is 6. The van der Waals surface area contributed by atoms with E-state index in [2.05, 4.69) is 10.3 Å². The number of hydrogen-bond donors (Lipinski definition) is 1. The Morgan fingerprint density at radius 1 is 1.25 bits per heavy atom. The van der Waals surface area contributed by atoms with Gasteiger partial charge in [0.15, 0.2) is 11.3 Å². The fraction of sp³-hybridized carbons (Fsp3) is 0.500. The zero-order valence-electron chi connectivity index (χ0n) is 15.5. The molecule has 8 nitrogen and oxygen atoms in total. The molecule has 10 heteroatoms. The molecule has 2 aliphatic rings. The van der Waals surface area contributed by atoms with Crippen LogP contribution in [0.1, 0.15) is 6.42 Å². The number of nitrogens with one attached hydrogen (secondary N) is 1. The minimum atomic E-state index is -3.70. The fourth-order valence-corrected chi connectivity index (χ4v) is 5.28. The van der Waals surface area contributed by atoms with Crippen LogP contribution in [0.5, 0.6) is 0 Å². The van der Waals surface area contributed by atoms with Crippen molar-refractivity contribution in [2.45, 2.75) is 23.8 Å². The summed E-state index contributed by atoms with van der Waals surface area (Å²) in [6, 6.07) is 7.19. The van der Waals surface area contributed by atoms with E-state index >= 15 is 0 Å². The second-order valence-corrected chi connectivity index (χ2v) is 9.41. The molecule has 0 radical (unpaired) electrons. The molecule has 2 saturated heterocycles. The number of ether oxygens (including phenoxy) is 2. The van der Waals surface area contributed by atoms with Gasteiger partial charge in [0.25, 0.3) is 10.0 Å². The van der Waals surface area contributed by atoms with E-state index in [-0.39, 0.29) is 17.0 Å². The third-order valence-corrected chi connectivity index (χ3v) is 6.95. The van der Waals surface area contributed by atoms with E-state index in [1.54, 1.807) is 17.7 Å². The minimum Gasteiger partial charge on any atom is -0.380 e. The van der Waals surface area contributed by atoms with Crippen molar-refractivity contribution in [3.63, 3.8) is 0 Å². The Kier molecular flexibility index (Phi) is 5.62. The lowest BCUT2D eigenvalue weighted by Gasteiger charge is -2.31. The van der Waals surface area contributed by atoms with Gasteiger partial charge in [-0.3, -0.25) is 0 Å². The first-order valence-corrected chi connectivity index (χ1v) is 11.0. The van der Waals surface area contributed by atoms with Crippen molar-refractivity contribution in [3.8, 4) is 0 Å². The number of nitrogens with zero attached hydrogens (tertiary/aromatic N) is 3. The second kappa shape index (κ2) is 8.00. The van der Waals surface area contributed by atoms with Crippen molar-refractivity contribution in [2.75, 3.05) is 31.6 Å². The Balaban J connectivity index is 1.59. The third-order valence-electron chi connectivity index (χ3n) is 5.00. The minimum absolute atomic E-state index is 0.0441. The first-order chi connectivity index (χ1) is 13.4. The van der Waals surface area contributed by atoms with Crippen LogP contribution in [0.15, 0.2) is 41.8 Å². The molecular weight excluding hydrogens is 404 g/mol. The Bertz CT molecular complexity index is 929. The summed E-state index contributed by atoms with van der Waals surface area (Å²) < 4.78 is 40.8. The molecule has 152 valence electrons. The molecular formula is C18H23ClN4O4S. The number of halogens is 1. The predicted molar refractivity (Wildman–Crippen MR) is 105 cm³/mol. The van der Waals surface area contributed by atoms with Crippen LogP contribution in [0.2, 0.25) is 5.02 Å². The van der Waals surface area contributed by atoms with Gasteiger partial charge in [-0.25, -0.2) is 13.4 Å². The zero-order valence-corrected chi connectivity index (χ0v) is 17.1. The van der Waals surface area contributed by atoms with E-state index < -0.39 is 16.3 Å². The summed E-state index contributed by atoms with van der Waals surface area (Å²) >= 11 is 6.09. The van der Waals surface area contributed by atoms with Crippen molar-refractivity contribution in [1.29, 1.82) is 0 Å². The molecule has 3 heterocycles. The van der Waals surface area contributed by atoms with E-state index in [1.807, 2.05) is 18.2 Å². The molecule has 1 aromatic heterocycles. The number of aromatic nitrogens is 2. The molecule has 0 amide bonds. The van der Waals surface area contributed by atoms with Gasteiger partial charge in [0, 0.05) is 49.0 Å². The topological polar surface area (TPSA) is 85.7 Å². The van der Waals surface area contributed by atoms with Crippen molar-refractivity contribution >= 4 is 27.3 Å². The number of sulfonamides is 1. The molecule has 4 rings (SSSR count). The summed E-state index contributed by atoms with van der Waals surface area (Å²) in [4.78, 5) is 4.02. The Labute approximate surface area is 169 Å². The van der Waals surface area contributed by atoms with Crippen LogP contribution in [0.4, 0.5) is 5.69 Å². The largest absolute Gasteiger partial charge is 0.380 e. The normalized spacial score (nSPS) is 24.5. The number of imidazole rings is 1. The summed E-state index contributed by atoms with van der Waals surface area (Å²) in [6.45, 7) is 1.80. The molecule has 0 aliphatic carbocycles. The number of anilines is 1. The van der Waals surface area contributed by atoms with E-state index in [1.165, 1.54) is 16.8 Å². The molecule has 1 aromatic carbocycles. The van der Waals surface area contributed by atoms with Crippen molar-refractivity contribution < 1.29 is 17.9 Å². The Morgan fingerprint density at radius 2 is 2.04 bits per heavy atom. The molecule has 2 unspecified atom stereocenters. The van der Waals surface area contributed by atoms with Crippen LogP contribution < -0.4 is 5.32 Å². The van der Waals surface area contributed by atoms with Gasteiger partial charge in [-0.15, -0.1) is 0 Å². The summed E-state index contributed by atoms with van der Waals surface area (Å²) in [6.07, 6.45) is 3.38. The standard InChI is InChI=1S/C18H23ClN4O4S/c1-22-11-17(20-12-22)28(24,25)23-9-15(18-26-6-3-7-27-18)16(10-23)21-14-5-2-4-13(19)8-14/h2,4-5,8,11-12,15-16,18,21H,3,6-7,9-10H2,1H3. The zero-order chi connectivity index (χ0) is 19.7. The van der Waals surface area contributed by atoms with Crippen molar-refractivity contribution in [3.05, 3.63) is 41.8 Å². The molecule has 0 bridgehead atoms. The second-order valence-electron chi connectivity index (χ2n) is 7.09. The van der Waals surface area contributed by atoms with Gasteiger partial charge < -0.3 is 19.4 Å². The highest BCUT2D eigenvalue weighted by Crippen LogP contribution is 2.31. The maximum atomic E-state index is 13.0. The number of benzene rings is 1. The first-order valence-electron chi connectivity index (χ1n) is 9.17. The van der Waals surface area contributed by atoms with E-state index in [0.717, 1.165) is 12.1 Å². The fourth-order valence-electron chi connectivity index (χ4n) is 3.62. The number of aryl methyl sites for hydroxylation is 1. The van der Waals surface area contributed by atoms with Gasteiger partial charge in [-0.05, 0) is 24.6 Å². The van der Waals surface area contributed by atoms with Gasteiger partial charge >= 0.3 is 0 Å². The number of rotatable bonds is 5. The van der Waals surface area contributed by atoms with E-state index in [9.17, 15) is 8.42 Å². The van der Waals surface area contributed by atoms with Gasteiger partial charge in [0.1, 0.15) is 0 Å². The SMILES string of the molecule is Cn1cnc(S(=O)(=O)N2CC(Nc3cccc(Cl)c3)C(C3OCCCO3)C2)c1. The maximum Gasteiger partial charge on any atom is 0.262 e. The summed E-state index contributed by atoms with van der Waals surface area (Å²) in [5.41, 5.74) is 0.829. The van der Waals surface area contributed by atoms with Crippen molar-refractivity contribution in [1.82, 2.24) is 13.9 Å². The molecule has 2 atom stereocenters. The molecule has 1 N–H and O–H groups in total. The predicted octanol–water partition coefficient (Wildman–Crippen LogP) is 1.94. The quantitative estimate of drug-likeness (QED) is 0.786. The molecule has 0 spiro atoms. The van der Waals surface area contributed by atoms with Gasteiger partial charge in [0.05, 0.1) is 19.5 Å². The van der Waals surface area contributed by atoms with Gasteiger partial charge in [0.2, 0.25) is 0 Å². The highest BCUT2D eigenvalue weighted by atomic mass is 35.5. The molecule has 2 fully saturated rings. The third kappa shape index (κ3) is 4.04. The van der Waals surface area contributed by atoms with Gasteiger partial charge in [-0.2, -0.15) is 4.31 Å². The highest BCUT2D eigenvalue weighted by Gasteiger charge is 2.45. The molecule has 2 aliphatic heterocycles. The molecule has 2 aromatic rings. The molecule has 28 heavy (non-hydrogen) atoms. The lowest BCUT2D eigenvalue weighted by Crippen LogP contribution is -2.41. The monoisotopic (exact) mass is 426 g/mol. The smallest absolute Gasteiger partial charge is 0.262 e. The Hall–Kier alpha value is -1.65. The summed E-state index contributed by atoms with van der Waals surface area (Å²) in [5, 5.41) is 4.07. The van der Waals surface area contributed by atoms with Crippen LogP contribution in [0.25, 0.3) is 0 Å². The van der Waals surface area contributed by atoms with E-state index in [4.69, 9.17) is 21.1 Å². The van der Waals surface area contributed by atoms with Crippen molar-refractivity contribution in [2.24, 2.45) is 13.0 Å². The average Bonchev–Trinajstić information content (AvgIpc) is 3.30. The lowest BCUT2D eigenvalue weighted by atomic mass is 10.0. The highest BCUT2D eigenvalue weighted by molar-refractivity contribution is 7.89. The average molecular weight is 427 g/mol. The summed E-state index contributed by atoms with van der Waals surface area (Å²) in [5.74, 6) is -0.155. The van der Waals surface area contributed by atoms with Crippen LogP contribution in [0.3, 0.4) is 0 Å². The van der Waals surface area contributed by atoms with E-state index in [0.29, 0.717) is 31.3 Å². The lowest BCUT2D eigenvalue weighted by molar-refractivity contribution is -0.203. The maximum absolute atomic E-state index is 13.0. The van der Waals surface area contributed by atoms with Crippen LogP contribution in [-0.4, -0.2) is 60.9 Å². The van der Waals surface area contributed by atoms with Crippen LogP contribution in [-0.2, 0) is 26.5 Å². The Morgan fingerprint density at radius 3 is 2.71 bits per heavy atom. The van der Waals surface area contributed by atoms with Gasteiger partial charge in [-0.1, -0.05) is 17.7 Å².